The van der Waals surface area contributed by atoms with Gasteiger partial charge in [0.2, 0.25) is 0 Å². The summed E-state index contributed by atoms with van der Waals surface area (Å²) < 4.78 is 5.10. The van der Waals surface area contributed by atoms with Crippen molar-refractivity contribution in [3.63, 3.8) is 0 Å². The number of hydrogen-bond donors (Lipinski definition) is 1. The van der Waals surface area contributed by atoms with Crippen LogP contribution in [0.2, 0.25) is 0 Å². The molecule has 0 aliphatic carbocycles. The zero-order valence-corrected chi connectivity index (χ0v) is 10.4. The molecule has 0 radical (unpaired) electrons. The number of rotatable bonds is 8. The number of allylic oxidation sites excluding steroid dienone is 1. The van der Waals surface area contributed by atoms with E-state index in [1.54, 1.807) is 6.26 Å². The molecule has 16 heavy (non-hydrogen) atoms. The van der Waals surface area contributed by atoms with Crippen LogP contribution in [0, 0.1) is 0 Å². The third kappa shape index (κ3) is 4.23. The van der Waals surface area contributed by atoms with Crippen LogP contribution >= 0.6 is 0 Å². The van der Waals surface area contributed by atoms with Gasteiger partial charge in [0.05, 0.1) is 12.5 Å². The van der Waals surface area contributed by atoms with Gasteiger partial charge in [-0.05, 0) is 32.3 Å². The summed E-state index contributed by atoms with van der Waals surface area (Å²) in [6, 6.07) is 2.96. The molecule has 0 spiro atoms. The lowest BCUT2D eigenvalue weighted by Gasteiger charge is -2.22. The maximum absolute atomic E-state index is 5.10. The van der Waals surface area contributed by atoms with Crippen LogP contribution in [0.1, 0.15) is 51.1 Å². The largest absolute Gasteiger partial charge is 0.472 e. The van der Waals surface area contributed by atoms with Crippen LogP contribution in [0.3, 0.4) is 0 Å². The molecule has 2 atom stereocenters. The molecule has 2 heteroatoms. The first-order chi connectivity index (χ1) is 7.77. The van der Waals surface area contributed by atoms with Crippen LogP contribution in [0.25, 0.3) is 0 Å². The summed E-state index contributed by atoms with van der Waals surface area (Å²) in [6.07, 6.45) is 10.2. The Balaban J connectivity index is 2.43. The van der Waals surface area contributed by atoms with Crippen molar-refractivity contribution in [3.05, 3.63) is 36.8 Å². The summed E-state index contributed by atoms with van der Waals surface area (Å²) in [7, 11) is 0. The molecule has 1 aromatic heterocycles. The van der Waals surface area contributed by atoms with Gasteiger partial charge >= 0.3 is 0 Å². The Kier molecular flexibility index (Phi) is 5.94. The molecular formula is C14H23NO. The van der Waals surface area contributed by atoms with E-state index in [0.717, 1.165) is 6.42 Å². The smallest absolute Gasteiger partial charge is 0.0950 e. The highest BCUT2D eigenvalue weighted by atomic mass is 16.3. The Bertz CT molecular complexity index is 279. The van der Waals surface area contributed by atoms with Crippen LogP contribution in [0.4, 0.5) is 0 Å². The van der Waals surface area contributed by atoms with Crippen molar-refractivity contribution in [2.24, 2.45) is 0 Å². The Labute approximate surface area is 98.7 Å². The number of nitrogens with one attached hydrogen (secondary N) is 1. The fourth-order valence-electron chi connectivity index (χ4n) is 1.95. The zero-order valence-electron chi connectivity index (χ0n) is 10.4. The molecule has 90 valence electrons. The zero-order chi connectivity index (χ0) is 11.8. The van der Waals surface area contributed by atoms with Crippen LogP contribution in [-0.2, 0) is 0 Å². The van der Waals surface area contributed by atoms with Gasteiger partial charge in [0.15, 0.2) is 0 Å². The second kappa shape index (κ2) is 7.29. The molecule has 0 saturated carbocycles. The predicted molar refractivity (Wildman–Crippen MR) is 68.4 cm³/mol. The Hall–Kier alpha value is -1.02. The van der Waals surface area contributed by atoms with E-state index < -0.39 is 0 Å². The summed E-state index contributed by atoms with van der Waals surface area (Å²) in [6.45, 7) is 8.19. The van der Waals surface area contributed by atoms with Crippen LogP contribution in [0.15, 0.2) is 35.7 Å². The molecule has 0 fully saturated rings. The van der Waals surface area contributed by atoms with Crippen molar-refractivity contribution in [1.29, 1.82) is 0 Å². The summed E-state index contributed by atoms with van der Waals surface area (Å²) in [5.74, 6) is 0. The summed E-state index contributed by atoms with van der Waals surface area (Å²) in [5.41, 5.74) is 1.22. The highest BCUT2D eigenvalue weighted by Gasteiger charge is 2.12. The van der Waals surface area contributed by atoms with Gasteiger partial charge in [-0.1, -0.05) is 19.4 Å². The molecule has 1 N–H and O–H groups in total. The minimum atomic E-state index is 0.361. The van der Waals surface area contributed by atoms with Gasteiger partial charge in [-0.3, -0.25) is 0 Å². The van der Waals surface area contributed by atoms with Crippen molar-refractivity contribution in [2.45, 2.75) is 51.6 Å². The standard InChI is InChI=1S/C14H23NO/c1-4-6-8-14(7-5-2)15-12(3)13-9-10-16-11-13/h4,9-12,14-15H,1,5-8H2,2-3H3. The van der Waals surface area contributed by atoms with Crippen molar-refractivity contribution in [3.8, 4) is 0 Å². The minimum absolute atomic E-state index is 0.361. The van der Waals surface area contributed by atoms with Crippen LogP contribution < -0.4 is 5.32 Å². The van der Waals surface area contributed by atoms with Gasteiger partial charge in [-0.25, -0.2) is 0 Å². The minimum Gasteiger partial charge on any atom is -0.472 e. The lowest BCUT2D eigenvalue weighted by atomic mass is 10.0. The number of hydrogen-bond acceptors (Lipinski definition) is 2. The lowest BCUT2D eigenvalue weighted by molar-refractivity contribution is 0.405. The average Bonchev–Trinajstić information content (AvgIpc) is 2.79. The van der Waals surface area contributed by atoms with Crippen molar-refractivity contribution < 1.29 is 4.42 Å². The van der Waals surface area contributed by atoms with Gasteiger partial charge in [0.1, 0.15) is 0 Å². The summed E-state index contributed by atoms with van der Waals surface area (Å²) >= 11 is 0. The first kappa shape index (κ1) is 13.0. The topological polar surface area (TPSA) is 25.2 Å². The monoisotopic (exact) mass is 221 g/mol. The fourth-order valence-corrected chi connectivity index (χ4v) is 1.95. The van der Waals surface area contributed by atoms with Crippen molar-refractivity contribution >= 4 is 0 Å². The lowest BCUT2D eigenvalue weighted by Crippen LogP contribution is -2.31. The highest BCUT2D eigenvalue weighted by Crippen LogP contribution is 2.16. The molecule has 2 unspecified atom stereocenters. The third-order valence-electron chi connectivity index (χ3n) is 2.89. The first-order valence-corrected chi connectivity index (χ1v) is 6.17. The normalized spacial score (nSPS) is 14.6. The average molecular weight is 221 g/mol. The van der Waals surface area contributed by atoms with Gasteiger partial charge < -0.3 is 9.73 Å². The van der Waals surface area contributed by atoms with Crippen LogP contribution in [0.5, 0.6) is 0 Å². The van der Waals surface area contributed by atoms with E-state index in [4.69, 9.17) is 4.42 Å². The molecule has 0 amide bonds. The Morgan fingerprint density at radius 1 is 1.50 bits per heavy atom. The Morgan fingerprint density at radius 2 is 2.31 bits per heavy atom. The van der Waals surface area contributed by atoms with Crippen molar-refractivity contribution in [2.75, 3.05) is 0 Å². The van der Waals surface area contributed by atoms with Gasteiger partial charge in [0, 0.05) is 17.6 Å². The van der Waals surface area contributed by atoms with Crippen LogP contribution in [-0.4, -0.2) is 6.04 Å². The first-order valence-electron chi connectivity index (χ1n) is 6.17. The second-order valence-corrected chi connectivity index (χ2v) is 4.30. The summed E-state index contributed by atoms with van der Waals surface area (Å²) in [5, 5.41) is 3.65. The molecule has 1 heterocycles. The second-order valence-electron chi connectivity index (χ2n) is 4.30. The molecule has 0 saturated heterocycles. The fraction of sp³-hybridized carbons (Fsp3) is 0.571. The maximum Gasteiger partial charge on any atom is 0.0950 e. The van der Waals surface area contributed by atoms with E-state index in [1.165, 1.54) is 24.8 Å². The SMILES string of the molecule is C=CCCC(CCC)NC(C)c1ccoc1. The van der Waals surface area contributed by atoms with Gasteiger partial charge in [-0.2, -0.15) is 0 Å². The van der Waals surface area contributed by atoms with Gasteiger partial charge in [0.25, 0.3) is 0 Å². The number of furan rings is 1. The molecule has 2 nitrogen and oxygen atoms in total. The van der Waals surface area contributed by atoms with E-state index in [2.05, 4.69) is 25.7 Å². The van der Waals surface area contributed by atoms with E-state index in [1.807, 2.05) is 18.4 Å². The van der Waals surface area contributed by atoms with Crippen molar-refractivity contribution in [1.82, 2.24) is 5.32 Å². The van der Waals surface area contributed by atoms with E-state index in [9.17, 15) is 0 Å². The molecular weight excluding hydrogens is 198 g/mol. The highest BCUT2D eigenvalue weighted by molar-refractivity contribution is 5.10. The molecule has 0 aliphatic rings. The molecule has 0 aliphatic heterocycles. The molecule has 0 aromatic carbocycles. The molecule has 1 aromatic rings. The van der Waals surface area contributed by atoms with Gasteiger partial charge in [-0.15, -0.1) is 6.58 Å². The summed E-state index contributed by atoms with van der Waals surface area (Å²) in [4.78, 5) is 0. The maximum atomic E-state index is 5.10. The van der Waals surface area contributed by atoms with E-state index >= 15 is 0 Å². The third-order valence-corrected chi connectivity index (χ3v) is 2.89. The van der Waals surface area contributed by atoms with E-state index in [0.29, 0.717) is 12.1 Å². The Morgan fingerprint density at radius 3 is 2.88 bits per heavy atom. The quantitative estimate of drug-likeness (QED) is 0.669. The molecule has 0 bridgehead atoms. The van der Waals surface area contributed by atoms with E-state index in [-0.39, 0.29) is 0 Å². The predicted octanol–water partition coefficient (Wildman–Crippen LogP) is 4.07. The molecule has 1 rings (SSSR count).